The van der Waals surface area contributed by atoms with Crippen LogP contribution in [-0.2, 0) is 48.3 Å². The van der Waals surface area contributed by atoms with Gasteiger partial charge in [-0.2, -0.15) is 13.2 Å². The van der Waals surface area contributed by atoms with Crippen LogP contribution in [0.25, 0.3) is 0 Å². The summed E-state index contributed by atoms with van der Waals surface area (Å²) in [4.78, 5) is 39.1. The van der Waals surface area contributed by atoms with Gasteiger partial charge in [0.25, 0.3) is 0 Å². The average molecular weight is 707 g/mol. The highest BCUT2D eigenvalue weighted by Crippen LogP contribution is 2.24. The number of aliphatic hydroxyl groups is 1. The minimum absolute atomic E-state index is 0.117. The summed E-state index contributed by atoms with van der Waals surface area (Å²) in [7, 11) is -4.12. The third-order valence-electron chi connectivity index (χ3n) is 7.74. The largest absolute Gasteiger partial charge is 0.491 e. The number of hydrogen-bond donors (Lipinski definition) is 2. The third-order valence-corrected chi connectivity index (χ3v) is 10.1. The lowest BCUT2D eigenvalue weighted by Crippen LogP contribution is -2.49. The van der Waals surface area contributed by atoms with Gasteiger partial charge >= 0.3 is 18.1 Å². The number of carbonyl (C=O) groups excluding carboxylic acids is 3. The summed E-state index contributed by atoms with van der Waals surface area (Å²) in [5, 5.41) is 10.2. The summed E-state index contributed by atoms with van der Waals surface area (Å²) >= 11 is 0. The van der Waals surface area contributed by atoms with E-state index in [1.54, 1.807) is 32.0 Å². The van der Waals surface area contributed by atoms with E-state index in [2.05, 4.69) is 4.74 Å². The maximum Gasteiger partial charge on any atom is 0.491 e. The van der Waals surface area contributed by atoms with Gasteiger partial charge in [0, 0.05) is 25.2 Å². The van der Waals surface area contributed by atoms with Crippen molar-refractivity contribution in [2.45, 2.75) is 95.8 Å². The number of hydrogen-bond acceptors (Lipinski definition) is 8. The molecular weight excluding hydrogens is 663 g/mol. The standard InChI is InChI=1S/C33H43F5N2O7S/c1-4-8-27(9-5-2)48(45,46)20-24(16-30(42)47-32(44)33(36,37)38)31(43)40(18-22-11-7-10-21(6-3)12-22)19-29(41)28(39)15-23-13-25(34)17-26(35)14-23/h7,10-14,17,24,27-29,41H,4-6,8-9,15-16,18-20,39H2,1-3H3/t24?,28-,29+/m0/s1. The maximum atomic E-state index is 14.1. The van der Waals surface area contributed by atoms with E-state index in [0.717, 1.165) is 22.6 Å². The number of benzene rings is 2. The SMILES string of the molecule is CCCC(CCC)S(=O)(=O)CC(CC(=O)OC(=O)C(F)(F)F)C(=O)N(Cc1cccc(CC)c1)C[C@@H](O)[C@@H](N)Cc1cc(F)cc(F)c1. The minimum atomic E-state index is -5.52. The first-order valence-electron chi connectivity index (χ1n) is 15.7. The summed E-state index contributed by atoms with van der Waals surface area (Å²) < 4.78 is 97.0. The summed E-state index contributed by atoms with van der Waals surface area (Å²) in [6, 6.07) is 8.45. The van der Waals surface area contributed by atoms with E-state index in [4.69, 9.17) is 5.73 Å². The van der Waals surface area contributed by atoms with Crippen LogP contribution in [0.2, 0.25) is 0 Å². The number of esters is 2. The molecule has 2 aromatic carbocycles. The number of alkyl halides is 3. The van der Waals surface area contributed by atoms with Crippen molar-refractivity contribution < 1.29 is 54.6 Å². The van der Waals surface area contributed by atoms with Gasteiger partial charge in [-0.1, -0.05) is 57.9 Å². The number of halogens is 5. The van der Waals surface area contributed by atoms with Crippen LogP contribution < -0.4 is 5.73 Å². The Morgan fingerprint density at radius 1 is 0.938 bits per heavy atom. The van der Waals surface area contributed by atoms with Crippen LogP contribution in [0.4, 0.5) is 22.0 Å². The fourth-order valence-electron chi connectivity index (χ4n) is 5.34. The van der Waals surface area contributed by atoms with E-state index in [1.165, 1.54) is 0 Å². The molecule has 0 saturated carbocycles. The molecular formula is C33H43F5N2O7S. The van der Waals surface area contributed by atoms with Crippen LogP contribution in [0.5, 0.6) is 0 Å². The molecule has 1 amide bonds. The van der Waals surface area contributed by atoms with Crippen molar-refractivity contribution >= 4 is 27.7 Å². The van der Waals surface area contributed by atoms with Gasteiger partial charge in [-0.3, -0.25) is 9.59 Å². The van der Waals surface area contributed by atoms with E-state index in [9.17, 15) is 49.9 Å². The van der Waals surface area contributed by atoms with Gasteiger partial charge < -0.3 is 20.5 Å². The Hall–Kier alpha value is -3.43. The van der Waals surface area contributed by atoms with Crippen LogP contribution in [0.15, 0.2) is 42.5 Å². The zero-order valence-electron chi connectivity index (χ0n) is 27.1. The predicted octanol–water partition coefficient (Wildman–Crippen LogP) is 4.81. The number of carbonyl (C=O) groups is 3. The lowest BCUT2D eigenvalue weighted by Gasteiger charge is -2.31. The smallest absolute Gasteiger partial charge is 0.390 e. The van der Waals surface area contributed by atoms with E-state index < -0.39 is 87.5 Å². The molecule has 48 heavy (non-hydrogen) atoms. The van der Waals surface area contributed by atoms with Crippen LogP contribution in [-0.4, -0.2) is 72.1 Å². The molecule has 0 aliphatic heterocycles. The van der Waals surface area contributed by atoms with Gasteiger partial charge in [0.1, 0.15) is 11.6 Å². The van der Waals surface area contributed by atoms with Gasteiger partial charge in [-0.05, 0) is 54.5 Å². The number of rotatable bonds is 18. The van der Waals surface area contributed by atoms with Crippen molar-refractivity contribution in [3.63, 3.8) is 0 Å². The van der Waals surface area contributed by atoms with E-state index in [1.807, 2.05) is 13.0 Å². The highest BCUT2D eigenvalue weighted by molar-refractivity contribution is 7.92. The molecule has 0 radical (unpaired) electrons. The van der Waals surface area contributed by atoms with Crippen molar-refractivity contribution in [2.75, 3.05) is 12.3 Å². The summed E-state index contributed by atoms with van der Waals surface area (Å²) in [5.41, 5.74) is 7.69. The molecule has 9 nitrogen and oxygen atoms in total. The highest BCUT2D eigenvalue weighted by atomic mass is 32.2. The second kappa shape index (κ2) is 18.4. The summed E-state index contributed by atoms with van der Waals surface area (Å²) in [5.74, 6) is -10.1. The van der Waals surface area contributed by atoms with Gasteiger partial charge in [0.2, 0.25) is 5.91 Å². The van der Waals surface area contributed by atoms with Crippen LogP contribution in [0.1, 0.15) is 69.6 Å². The monoisotopic (exact) mass is 706 g/mol. The molecule has 0 aliphatic carbocycles. The van der Waals surface area contributed by atoms with Gasteiger partial charge in [-0.25, -0.2) is 22.0 Å². The second-order valence-corrected chi connectivity index (χ2v) is 14.1. The Labute approximate surface area is 277 Å². The lowest BCUT2D eigenvalue weighted by atomic mass is 9.99. The Kier molecular flexibility index (Phi) is 15.6. The molecule has 0 fully saturated rings. The summed E-state index contributed by atoms with van der Waals surface area (Å²) in [6.07, 6.45) is -6.42. The number of nitrogens with two attached hydrogens (primary N) is 1. The number of sulfone groups is 1. The highest BCUT2D eigenvalue weighted by Gasteiger charge is 2.43. The molecule has 15 heteroatoms. The van der Waals surface area contributed by atoms with Crippen molar-refractivity contribution in [1.82, 2.24) is 4.90 Å². The quantitative estimate of drug-likeness (QED) is 0.128. The molecule has 3 N–H and O–H groups in total. The van der Waals surface area contributed by atoms with E-state index in [-0.39, 0.29) is 31.4 Å². The third kappa shape index (κ3) is 12.9. The molecule has 0 heterocycles. The Morgan fingerprint density at radius 3 is 2.06 bits per heavy atom. The molecule has 1 unspecified atom stereocenters. The first-order valence-corrected chi connectivity index (χ1v) is 17.4. The van der Waals surface area contributed by atoms with Crippen LogP contribution in [0, 0.1) is 17.6 Å². The fraction of sp³-hybridized carbons (Fsp3) is 0.545. The van der Waals surface area contributed by atoms with Gasteiger partial charge in [0.05, 0.1) is 29.4 Å². The van der Waals surface area contributed by atoms with Crippen molar-refractivity contribution in [2.24, 2.45) is 11.7 Å². The Morgan fingerprint density at radius 2 is 1.52 bits per heavy atom. The number of amides is 1. The molecule has 2 rings (SSSR count). The first-order chi connectivity index (χ1) is 22.4. The Bertz CT molecular complexity index is 1480. The van der Waals surface area contributed by atoms with Crippen molar-refractivity contribution in [3.05, 3.63) is 70.8 Å². The Balaban J connectivity index is 2.51. The maximum absolute atomic E-state index is 14.1. The molecule has 2 aromatic rings. The lowest BCUT2D eigenvalue weighted by molar-refractivity contribution is -0.202. The van der Waals surface area contributed by atoms with Crippen LogP contribution in [0.3, 0.4) is 0 Å². The molecule has 0 saturated heterocycles. The zero-order chi connectivity index (χ0) is 36.2. The molecule has 0 aromatic heterocycles. The van der Waals surface area contributed by atoms with Crippen molar-refractivity contribution in [1.29, 1.82) is 0 Å². The number of nitrogens with zero attached hydrogens (tertiary/aromatic N) is 1. The molecule has 3 atom stereocenters. The van der Waals surface area contributed by atoms with Gasteiger partial charge in [-0.15, -0.1) is 0 Å². The predicted molar refractivity (Wildman–Crippen MR) is 168 cm³/mol. The van der Waals surface area contributed by atoms with E-state index >= 15 is 0 Å². The average Bonchev–Trinajstić information content (AvgIpc) is 2.98. The number of aryl methyl sites for hydroxylation is 1. The van der Waals surface area contributed by atoms with Crippen LogP contribution >= 0.6 is 0 Å². The second-order valence-electron chi connectivity index (χ2n) is 11.8. The number of ether oxygens (including phenoxy) is 1. The molecule has 0 bridgehead atoms. The van der Waals surface area contributed by atoms with E-state index in [0.29, 0.717) is 30.9 Å². The summed E-state index contributed by atoms with van der Waals surface area (Å²) in [6.45, 7) is 4.63. The fourth-order valence-corrected chi connectivity index (χ4v) is 7.63. The zero-order valence-corrected chi connectivity index (χ0v) is 28.0. The first kappa shape index (κ1) is 40.7. The molecule has 0 spiro atoms. The number of aliphatic hydroxyl groups excluding tert-OH is 1. The van der Waals surface area contributed by atoms with Gasteiger partial charge in [0.15, 0.2) is 9.84 Å². The topological polar surface area (TPSA) is 144 Å². The molecule has 0 aliphatic rings. The molecule has 268 valence electrons. The normalized spacial score (nSPS) is 14.0. The van der Waals surface area contributed by atoms with Crippen molar-refractivity contribution in [3.8, 4) is 0 Å². The minimum Gasteiger partial charge on any atom is -0.390 e.